The third-order valence-corrected chi connectivity index (χ3v) is 4.52. The van der Waals surface area contributed by atoms with Crippen molar-refractivity contribution in [2.24, 2.45) is 0 Å². The molecule has 1 unspecified atom stereocenters. The Morgan fingerprint density at radius 2 is 2.08 bits per heavy atom. The molecule has 128 valence electrons. The smallest absolute Gasteiger partial charge is 0.254 e. The third-order valence-electron chi connectivity index (χ3n) is 4.52. The van der Waals surface area contributed by atoms with Crippen molar-refractivity contribution in [3.05, 3.63) is 59.7 Å². The molecule has 4 nitrogen and oxygen atoms in total. The molecule has 0 aliphatic carbocycles. The summed E-state index contributed by atoms with van der Waals surface area (Å²) in [5.41, 5.74) is 0.983. The molecule has 24 heavy (non-hydrogen) atoms. The van der Waals surface area contributed by atoms with E-state index in [9.17, 15) is 9.18 Å². The number of hydrogen-bond acceptors (Lipinski definition) is 3. The van der Waals surface area contributed by atoms with Gasteiger partial charge in [0.25, 0.3) is 5.91 Å². The van der Waals surface area contributed by atoms with Crippen LogP contribution in [-0.2, 0) is 5.41 Å². The average molecular weight is 330 g/mol. The van der Waals surface area contributed by atoms with Crippen molar-refractivity contribution in [3.8, 4) is 5.75 Å². The topological polar surface area (TPSA) is 51.2 Å². The molecule has 1 aromatic carbocycles. The molecule has 1 heterocycles. The molecule has 0 saturated heterocycles. The fourth-order valence-electron chi connectivity index (χ4n) is 2.75. The maximum Gasteiger partial charge on any atom is 0.254 e. The molecule has 0 aliphatic heterocycles. The van der Waals surface area contributed by atoms with E-state index in [1.54, 1.807) is 7.11 Å². The van der Waals surface area contributed by atoms with Gasteiger partial charge in [0.05, 0.1) is 18.9 Å². The molecule has 0 radical (unpaired) electrons. The predicted molar refractivity (Wildman–Crippen MR) is 91.8 cm³/mol. The summed E-state index contributed by atoms with van der Waals surface area (Å²) < 4.78 is 19.1. The van der Waals surface area contributed by atoms with E-state index in [2.05, 4.69) is 24.1 Å². The number of nitrogens with one attached hydrogen (secondary N) is 1. The highest BCUT2D eigenvalue weighted by Crippen LogP contribution is 2.36. The molecule has 1 amide bonds. The van der Waals surface area contributed by atoms with Gasteiger partial charge in [-0.25, -0.2) is 4.39 Å². The number of nitrogens with zero attached hydrogens (tertiary/aromatic N) is 1. The number of carbonyl (C=O) groups excluding carboxylic acids is 1. The molecule has 0 bridgehead atoms. The first-order valence-corrected chi connectivity index (χ1v) is 8.03. The molecule has 1 aromatic heterocycles. The van der Waals surface area contributed by atoms with Crippen LogP contribution in [0.25, 0.3) is 0 Å². The van der Waals surface area contributed by atoms with E-state index in [-0.39, 0.29) is 11.0 Å². The van der Waals surface area contributed by atoms with E-state index in [4.69, 9.17) is 4.74 Å². The van der Waals surface area contributed by atoms with Crippen molar-refractivity contribution in [2.45, 2.75) is 32.1 Å². The molecular weight excluding hydrogens is 307 g/mol. The second-order valence-corrected chi connectivity index (χ2v) is 5.98. The van der Waals surface area contributed by atoms with Crippen LogP contribution in [0, 0.1) is 5.82 Å². The minimum atomic E-state index is -0.613. The number of hydrogen-bond donors (Lipinski definition) is 1. The number of para-hydroxylation sites is 1. The van der Waals surface area contributed by atoms with Gasteiger partial charge in [-0.3, -0.25) is 9.78 Å². The van der Waals surface area contributed by atoms with Gasteiger partial charge in [-0.1, -0.05) is 32.0 Å². The Morgan fingerprint density at radius 1 is 1.33 bits per heavy atom. The monoisotopic (exact) mass is 330 g/mol. The van der Waals surface area contributed by atoms with Crippen LogP contribution >= 0.6 is 0 Å². The van der Waals surface area contributed by atoms with Crippen molar-refractivity contribution < 1.29 is 13.9 Å². The van der Waals surface area contributed by atoms with E-state index >= 15 is 0 Å². The Bertz CT molecular complexity index is 705. The Balaban J connectivity index is 2.06. The highest BCUT2D eigenvalue weighted by Gasteiger charge is 2.27. The summed E-state index contributed by atoms with van der Waals surface area (Å²) >= 11 is 0. The van der Waals surface area contributed by atoms with Crippen LogP contribution in [-0.4, -0.2) is 24.5 Å². The number of halogens is 1. The fraction of sp³-hybridized carbons (Fsp3) is 0.368. The van der Waals surface area contributed by atoms with Crippen LogP contribution in [0.1, 0.15) is 42.6 Å². The molecule has 5 heteroatoms. The largest absolute Gasteiger partial charge is 0.496 e. The van der Waals surface area contributed by atoms with Gasteiger partial charge in [0.15, 0.2) is 5.82 Å². The summed E-state index contributed by atoms with van der Waals surface area (Å²) in [6.45, 7) is 4.70. The van der Waals surface area contributed by atoms with Crippen LogP contribution in [0.4, 0.5) is 4.39 Å². The molecular formula is C19H23FN2O2. The Morgan fingerprint density at radius 3 is 2.75 bits per heavy atom. The number of ether oxygens (including phenoxy) is 1. The molecule has 0 fully saturated rings. The zero-order valence-corrected chi connectivity index (χ0v) is 14.3. The van der Waals surface area contributed by atoms with Crippen LogP contribution in [0.15, 0.2) is 42.7 Å². The molecule has 0 spiro atoms. The van der Waals surface area contributed by atoms with Crippen LogP contribution < -0.4 is 10.1 Å². The molecule has 2 rings (SSSR count). The van der Waals surface area contributed by atoms with Crippen LogP contribution in [0.2, 0.25) is 0 Å². The normalized spacial score (nSPS) is 13.2. The lowest BCUT2D eigenvalue weighted by Crippen LogP contribution is -2.31. The summed E-state index contributed by atoms with van der Waals surface area (Å²) in [6.07, 6.45) is 4.07. The van der Waals surface area contributed by atoms with Crippen molar-refractivity contribution in [2.75, 3.05) is 13.7 Å². The first-order chi connectivity index (χ1) is 11.5. The van der Waals surface area contributed by atoms with Gasteiger partial charge in [0.1, 0.15) is 5.75 Å². The van der Waals surface area contributed by atoms with E-state index < -0.39 is 11.7 Å². The fourth-order valence-corrected chi connectivity index (χ4v) is 2.75. The zero-order valence-electron chi connectivity index (χ0n) is 14.3. The lowest BCUT2D eigenvalue weighted by Gasteiger charge is -2.30. The van der Waals surface area contributed by atoms with Crippen LogP contribution in [0.5, 0.6) is 5.75 Å². The van der Waals surface area contributed by atoms with E-state index in [1.165, 1.54) is 12.3 Å². The summed E-state index contributed by atoms with van der Waals surface area (Å²) in [5.74, 6) is -0.195. The second-order valence-electron chi connectivity index (χ2n) is 5.98. The number of aromatic nitrogens is 1. The minimum absolute atomic E-state index is 0.0143. The maximum absolute atomic E-state index is 13.6. The molecule has 1 N–H and O–H groups in total. The second kappa shape index (κ2) is 7.90. The van der Waals surface area contributed by atoms with Gasteiger partial charge < -0.3 is 10.1 Å². The number of rotatable bonds is 7. The number of methoxy groups -OCH3 is 1. The van der Waals surface area contributed by atoms with Crippen molar-refractivity contribution >= 4 is 5.91 Å². The van der Waals surface area contributed by atoms with Crippen molar-refractivity contribution in [1.82, 2.24) is 10.3 Å². The third kappa shape index (κ3) is 3.91. The van der Waals surface area contributed by atoms with E-state index in [0.29, 0.717) is 6.54 Å². The van der Waals surface area contributed by atoms with Gasteiger partial charge in [0.2, 0.25) is 0 Å². The number of carbonyl (C=O) groups is 1. The highest BCUT2D eigenvalue weighted by molar-refractivity contribution is 5.94. The first-order valence-electron chi connectivity index (χ1n) is 8.03. The zero-order chi connectivity index (χ0) is 17.6. The minimum Gasteiger partial charge on any atom is -0.496 e. The van der Waals surface area contributed by atoms with Crippen LogP contribution in [0.3, 0.4) is 0 Å². The Hall–Kier alpha value is -2.43. The maximum atomic E-state index is 13.6. The van der Waals surface area contributed by atoms with Crippen molar-refractivity contribution in [3.63, 3.8) is 0 Å². The quantitative estimate of drug-likeness (QED) is 0.842. The van der Waals surface area contributed by atoms with Crippen molar-refractivity contribution in [1.29, 1.82) is 0 Å². The predicted octanol–water partition coefficient (Wildman–Crippen LogP) is 3.72. The summed E-state index contributed by atoms with van der Waals surface area (Å²) in [4.78, 5) is 15.7. The Kier molecular flexibility index (Phi) is 5.90. The Labute approximate surface area is 142 Å². The molecule has 2 aromatic rings. The summed E-state index contributed by atoms with van der Waals surface area (Å²) in [5, 5.41) is 2.79. The van der Waals surface area contributed by atoms with Gasteiger partial charge >= 0.3 is 0 Å². The van der Waals surface area contributed by atoms with Gasteiger partial charge in [0, 0.05) is 18.3 Å². The lowest BCUT2D eigenvalue weighted by molar-refractivity contribution is 0.0946. The van der Waals surface area contributed by atoms with Gasteiger partial charge in [-0.15, -0.1) is 0 Å². The first kappa shape index (κ1) is 17.9. The number of amides is 1. The molecule has 1 atom stereocenters. The lowest BCUT2D eigenvalue weighted by atomic mass is 9.77. The number of benzene rings is 1. The standard InChI is InChI=1S/C19H23FN2O2/c1-4-19(2,15-7-5-6-8-17(15)24-3)10-12-22-18(23)14-9-11-21-13-16(14)20/h5-9,11,13H,4,10,12H2,1-3H3,(H,22,23). The van der Waals surface area contributed by atoms with E-state index in [0.717, 1.165) is 30.4 Å². The average Bonchev–Trinajstić information content (AvgIpc) is 2.61. The number of pyridine rings is 1. The summed E-state index contributed by atoms with van der Waals surface area (Å²) in [6, 6.07) is 9.29. The van der Waals surface area contributed by atoms with Gasteiger partial charge in [-0.05, 0) is 30.4 Å². The highest BCUT2D eigenvalue weighted by atomic mass is 19.1. The van der Waals surface area contributed by atoms with Gasteiger partial charge in [-0.2, -0.15) is 0 Å². The SMILES string of the molecule is CCC(C)(CCNC(=O)c1ccncc1F)c1ccccc1OC. The molecule has 0 aliphatic rings. The van der Waals surface area contributed by atoms with E-state index in [1.807, 2.05) is 24.3 Å². The summed E-state index contributed by atoms with van der Waals surface area (Å²) in [7, 11) is 1.66. The molecule has 0 saturated carbocycles.